The van der Waals surface area contributed by atoms with Gasteiger partial charge >= 0.3 is 0 Å². The lowest BCUT2D eigenvalue weighted by atomic mass is 10.3. The highest BCUT2D eigenvalue weighted by Gasteiger charge is 2.26. The van der Waals surface area contributed by atoms with Gasteiger partial charge in [0.15, 0.2) is 0 Å². The lowest BCUT2D eigenvalue weighted by molar-refractivity contribution is -0.131. The van der Waals surface area contributed by atoms with Gasteiger partial charge in [0.25, 0.3) is 0 Å². The highest BCUT2D eigenvalue weighted by Crippen LogP contribution is 2.20. The van der Waals surface area contributed by atoms with Crippen LogP contribution in [0.1, 0.15) is 12.8 Å². The van der Waals surface area contributed by atoms with E-state index in [0.29, 0.717) is 25.4 Å². The number of likely N-dealkylation sites (N-methyl/N-ethyl adjacent to an activating group) is 1. The van der Waals surface area contributed by atoms with E-state index >= 15 is 0 Å². The molecule has 0 saturated carbocycles. The average molecular weight is 468 g/mol. The molecule has 0 aliphatic carbocycles. The number of ether oxygens (including phenoxy) is 1. The predicted molar refractivity (Wildman–Crippen MR) is 124 cm³/mol. The van der Waals surface area contributed by atoms with Gasteiger partial charge in [-0.1, -0.05) is 0 Å². The molecule has 2 saturated heterocycles. The van der Waals surface area contributed by atoms with Crippen molar-refractivity contribution < 1.29 is 17.9 Å². The molecular formula is C22H37N5O4S. The van der Waals surface area contributed by atoms with E-state index in [-0.39, 0.29) is 23.8 Å². The third-order valence-electron chi connectivity index (χ3n) is 6.22. The van der Waals surface area contributed by atoms with Gasteiger partial charge < -0.3 is 24.8 Å². The van der Waals surface area contributed by atoms with Crippen molar-refractivity contribution in [1.29, 1.82) is 0 Å². The maximum Gasteiger partial charge on any atom is 0.243 e. The van der Waals surface area contributed by atoms with E-state index in [4.69, 9.17) is 4.74 Å². The van der Waals surface area contributed by atoms with Crippen molar-refractivity contribution >= 4 is 15.9 Å². The Labute approximate surface area is 192 Å². The van der Waals surface area contributed by atoms with Crippen LogP contribution in [0.5, 0.6) is 5.75 Å². The molecule has 32 heavy (non-hydrogen) atoms. The maximum atomic E-state index is 13.4. The molecular weight excluding hydrogens is 430 g/mol. The smallest absolute Gasteiger partial charge is 0.243 e. The van der Waals surface area contributed by atoms with Crippen LogP contribution in [0.3, 0.4) is 0 Å². The molecule has 0 aromatic heterocycles. The molecule has 180 valence electrons. The zero-order valence-electron chi connectivity index (χ0n) is 19.3. The standard InChI is InChI=1S/C22H37N5O4S/c1-24-16-18-25(19-17-24)11-3-12-27(13-8-22(28)26-14-9-23-10-15-26)32(29,30)21-6-4-20(31-2)5-7-21/h4-7,23H,3,8-19H2,1-2H3. The van der Waals surface area contributed by atoms with Crippen LogP contribution < -0.4 is 10.1 Å². The van der Waals surface area contributed by atoms with Gasteiger partial charge in [0.05, 0.1) is 12.0 Å². The van der Waals surface area contributed by atoms with Gasteiger partial charge in [0.2, 0.25) is 15.9 Å². The van der Waals surface area contributed by atoms with Crippen molar-refractivity contribution in [2.24, 2.45) is 0 Å². The molecule has 2 aliphatic rings. The molecule has 10 heteroatoms. The fourth-order valence-corrected chi connectivity index (χ4v) is 5.56. The van der Waals surface area contributed by atoms with Crippen LogP contribution in [0.25, 0.3) is 0 Å². The van der Waals surface area contributed by atoms with Gasteiger partial charge in [-0.25, -0.2) is 8.42 Å². The van der Waals surface area contributed by atoms with Crippen molar-refractivity contribution in [3.63, 3.8) is 0 Å². The first-order valence-corrected chi connectivity index (χ1v) is 12.9. The first kappa shape index (κ1) is 24.9. The molecule has 0 bridgehead atoms. The van der Waals surface area contributed by atoms with Gasteiger partial charge in [-0.15, -0.1) is 0 Å². The molecule has 1 aromatic rings. The summed E-state index contributed by atoms with van der Waals surface area (Å²) in [6.45, 7) is 8.44. The molecule has 2 heterocycles. The van der Waals surface area contributed by atoms with E-state index in [0.717, 1.165) is 52.2 Å². The van der Waals surface area contributed by atoms with E-state index in [9.17, 15) is 13.2 Å². The summed E-state index contributed by atoms with van der Waals surface area (Å²) in [7, 11) is -0.0238. The average Bonchev–Trinajstić information content (AvgIpc) is 2.82. The number of hydrogen-bond donors (Lipinski definition) is 1. The number of benzene rings is 1. The quantitative estimate of drug-likeness (QED) is 0.524. The summed E-state index contributed by atoms with van der Waals surface area (Å²) >= 11 is 0. The summed E-state index contributed by atoms with van der Waals surface area (Å²) in [5.74, 6) is 0.625. The molecule has 0 radical (unpaired) electrons. The fourth-order valence-electron chi connectivity index (χ4n) is 4.08. The molecule has 3 rings (SSSR count). The summed E-state index contributed by atoms with van der Waals surface area (Å²) < 4.78 is 33.4. The van der Waals surface area contributed by atoms with Crippen LogP contribution >= 0.6 is 0 Å². The predicted octanol–water partition coefficient (Wildman–Crippen LogP) is 0.145. The minimum absolute atomic E-state index is 0.0144. The number of piperazine rings is 2. The second-order valence-corrected chi connectivity index (χ2v) is 10.4. The van der Waals surface area contributed by atoms with Crippen LogP contribution in [-0.2, 0) is 14.8 Å². The van der Waals surface area contributed by atoms with Crippen molar-refractivity contribution in [2.75, 3.05) is 86.1 Å². The van der Waals surface area contributed by atoms with Crippen LogP contribution in [-0.4, -0.2) is 119 Å². The third-order valence-corrected chi connectivity index (χ3v) is 8.13. The van der Waals surface area contributed by atoms with E-state index in [1.807, 2.05) is 4.90 Å². The van der Waals surface area contributed by atoms with E-state index < -0.39 is 10.0 Å². The number of methoxy groups -OCH3 is 1. The summed E-state index contributed by atoms with van der Waals surface area (Å²) in [5, 5.41) is 3.23. The molecule has 0 spiro atoms. The molecule has 0 unspecified atom stereocenters. The Morgan fingerprint density at radius 3 is 2.31 bits per heavy atom. The lowest BCUT2D eigenvalue weighted by Crippen LogP contribution is -2.47. The van der Waals surface area contributed by atoms with Gasteiger partial charge in [-0.3, -0.25) is 4.79 Å². The number of carbonyl (C=O) groups is 1. The number of sulfonamides is 1. The van der Waals surface area contributed by atoms with Crippen LogP contribution in [0.2, 0.25) is 0 Å². The summed E-state index contributed by atoms with van der Waals surface area (Å²) in [5.41, 5.74) is 0. The lowest BCUT2D eigenvalue weighted by Gasteiger charge is -2.33. The van der Waals surface area contributed by atoms with Crippen LogP contribution in [0, 0.1) is 0 Å². The Bertz CT molecular complexity index is 819. The van der Waals surface area contributed by atoms with Crippen molar-refractivity contribution in [3.8, 4) is 5.75 Å². The Morgan fingerprint density at radius 1 is 1.03 bits per heavy atom. The largest absolute Gasteiger partial charge is 0.497 e. The topological polar surface area (TPSA) is 85.4 Å². The number of nitrogens with one attached hydrogen (secondary N) is 1. The molecule has 2 fully saturated rings. The number of rotatable bonds is 10. The Kier molecular flexibility index (Phi) is 9.30. The fraction of sp³-hybridized carbons (Fsp3) is 0.682. The first-order valence-electron chi connectivity index (χ1n) is 11.4. The number of hydrogen-bond acceptors (Lipinski definition) is 7. The number of nitrogens with zero attached hydrogens (tertiary/aromatic N) is 4. The second kappa shape index (κ2) is 11.9. The van der Waals surface area contributed by atoms with Gasteiger partial charge in [0, 0.05) is 71.9 Å². The molecule has 9 nitrogen and oxygen atoms in total. The molecule has 1 amide bonds. The Hall–Kier alpha value is -1.72. The Balaban J connectivity index is 1.63. The van der Waals surface area contributed by atoms with Crippen molar-refractivity contribution in [3.05, 3.63) is 24.3 Å². The number of amides is 1. The normalized spacial score (nSPS) is 18.8. The maximum absolute atomic E-state index is 13.4. The molecule has 1 aromatic carbocycles. The molecule has 2 aliphatic heterocycles. The third kappa shape index (κ3) is 6.89. The molecule has 1 N–H and O–H groups in total. The monoisotopic (exact) mass is 467 g/mol. The van der Waals surface area contributed by atoms with Gasteiger partial charge in [-0.2, -0.15) is 4.31 Å². The van der Waals surface area contributed by atoms with Gasteiger partial charge in [-0.05, 0) is 44.3 Å². The van der Waals surface area contributed by atoms with Crippen molar-refractivity contribution in [2.45, 2.75) is 17.7 Å². The van der Waals surface area contributed by atoms with Gasteiger partial charge in [0.1, 0.15) is 5.75 Å². The zero-order valence-corrected chi connectivity index (χ0v) is 20.1. The van der Waals surface area contributed by atoms with E-state index in [1.54, 1.807) is 31.4 Å². The summed E-state index contributed by atoms with van der Waals surface area (Å²) in [6.07, 6.45) is 0.935. The summed E-state index contributed by atoms with van der Waals surface area (Å²) in [6, 6.07) is 6.45. The minimum atomic E-state index is -3.70. The van der Waals surface area contributed by atoms with Crippen LogP contribution in [0.15, 0.2) is 29.2 Å². The second-order valence-electron chi connectivity index (χ2n) is 8.46. The molecule has 0 atom stereocenters. The SMILES string of the molecule is COc1ccc(S(=O)(=O)N(CCCN2CCN(C)CC2)CCC(=O)N2CCNCC2)cc1. The first-order chi connectivity index (χ1) is 15.4. The Morgan fingerprint density at radius 2 is 1.69 bits per heavy atom. The van der Waals surface area contributed by atoms with E-state index in [1.165, 1.54) is 4.31 Å². The summed E-state index contributed by atoms with van der Waals surface area (Å²) in [4.78, 5) is 19.4. The number of carbonyl (C=O) groups excluding carboxylic acids is 1. The minimum Gasteiger partial charge on any atom is -0.497 e. The highest BCUT2D eigenvalue weighted by molar-refractivity contribution is 7.89. The highest BCUT2D eigenvalue weighted by atomic mass is 32.2. The van der Waals surface area contributed by atoms with Crippen molar-refractivity contribution in [1.82, 2.24) is 24.3 Å². The van der Waals surface area contributed by atoms with Crippen LogP contribution in [0.4, 0.5) is 0 Å². The van der Waals surface area contributed by atoms with E-state index in [2.05, 4.69) is 22.2 Å². The zero-order chi connectivity index (χ0) is 23.0.